The van der Waals surface area contributed by atoms with Crippen LogP contribution in [-0.2, 0) is 7.05 Å². The Morgan fingerprint density at radius 1 is 1.50 bits per heavy atom. The number of nitrogens with zero attached hydrogens (tertiary/aromatic N) is 3. The number of aromatic nitrogens is 2. The summed E-state index contributed by atoms with van der Waals surface area (Å²) in [5.74, 6) is -0.833. The summed E-state index contributed by atoms with van der Waals surface area (Å²) < 4.78 is 15.2. The minimum absolute atomic E-state index is 0.183. The lowest BCUT2D eigenvalue weighted by Gasteiger charge is -1.99. The number of benzene rings is 1. The molecule has 0 N–H and O–H groups in total. The standard InChI is InChI=1S/C10H8FN3O2/c1-13-6-7(5-12-13)8-3-2-4-9(10(8)11)14(15)16/h2-6H,1H3. The van der Waals surface area contributed by atoms with Crippen LogP contribution in [0.1, 0.15) is 0 Å². The second kappa shape index (κ2) is 3.73. The van der Waals surface area contributed by atoms with E-state index in [0.29, 0.717) is 5.56 Å². The van der Waals surface area contributed by atoms with Crippen molar-refractivity contribution in [2.75, 3.05) is 0 Å². The highest BCUT2D eigenvalue weighted by molar-refractivity contribution is 5.65. The molecule has 2 rings (SSSR count). The number of aryl methyl sites for hydroxylation is 1. The average molecular weight is 221 g/mol. The fraction of sp³-hybridized carbons (Fsp3) is 0.100. The average Bonchev–Trinajstić information content (AvgIpc) is 2.64. The first-order valence-electron chi connectivity index (χ1n) is 4.51. The fourth-order valence-corrected chi connectivity index (χ4v) is 1.44. The molecule has 0 saturated carbocycles. The van der Waals surface area contributed by atoms with E-state index in [4.69, 9.17) is 0 Å². The zero-order chi connectivity index (χ0) is 11.7. The number of nitro benzene ring substituents is 1. The largest absolute Gasteiger partial charge is 0.305 e. The Morgan fingerprint density at radius 3 is 2.81 bits per heavy atom. The first-order chi connectivity index (χ1) is 7.59. The predicted molar refractivity (Wildman–Crippen MR) is 55.3 cm³/mol. The van der Waals surface area contributed by atoms with E-state index < -0.39 is 16.4 Å². The lowest BCUT2D eigenvalue weighted by molar-refractivity contribution is -0.387. The Balaban J connectivity index is 2.58. The maximum atomic E-state index is 13.7. The van der Waals surface area contributed by atoms with Crippen molar-refractivity contribution in [2.24, 2.45) is 7.05 Å². The number of halogens is 1. The summed E-state index contributed by atoms with van der Waals surface area (Å²) in [6.07, 6.45) is 3.06. The molecule has 0 bridgehead atoms. The molecule has 0 unspecified atom stereocenters. The van der Waals surface area contributed by atoms with Crippen molar-refractivity contribution < 1.29 is 9.31 Å². The first kappa shape index (κ1) is 10.3. The van der Waals surface area contributed by atoms with Gasteiger partial charge in [-0.1, -0.05) is 12.1 Å². The van der Waals surface area contributed by atoms with Crippen LogP contribution in [0.5, 0.6) is 0 Å². The highest BCUT2D eigenvalue weighted by atomic mass is 19.1. The van der Waals surface area contributed by atoms with Crippen molar-refractivity contribution in [1.29, 1.82) is 0 Å². The molecular weight excluding hydrogens is 213 g/mol. The van der Waals surface area contributed by atoms with Gasteiger partial charge in [-0.05, 0) is 0 Å². The van der Waals surface area contributed by atoms with Crippen LogP contribution in [0.25, 0.3) is 11.1 Å². The SMILES string of the molecule is Cn1cc(-c2cccc([N+](=O)[O-])c2F)cn1. The maximum absolute atomic E-state index is 13.7. The number of nitro groups is 1. The van der Waals surface area contributed by atoms with Gasteiger partial charge in [0.15, 0.2) is 0 Å². The minimum atomic E-state index is -0.833. The Hall–Kier alpha value is -2.24. The Kier molecular flexibility index (Phi) is 2.40. The Bertz CT molecular complexity index is 551. The molecule has 0 aliphatic rings. The van der Waals surface area contributed by atoms with Crippen LogP contribution in [0.4, 0.5) is 10.1 Å². The summed E-state index contributed by atoms with van der Waals surface area (Å²) in [5, 5.41) is 14.4. The first-order valence-corrected chi connectivity index (χ1v) is 4.51. The summed E-state index contributed by atoms with van der Waals surface area (Å²) in [5.41, 5.74) is 0.173. The fourth-order valence-electron chi connectivity index (χ4n) is 1.44. The molecule has 0 spiro atoms. The molecule has 2 aromatic rings. The highest BCUT2D eigenvalue weighted by Gasteiger charge is 2.18. The zero-order valence-electron chi connectivity index (χ0n) is 8.42. The molecule has 6 heteroatoms. The van der Waals surface area contributed by atoms with Crippen molar-refractivity contribution in [3.63, 3.8) is 0 Å². The van der Waals surface area contributed by atoms with E-state index in [1.54, 1.807) is 13.2 Å². The van der Waals surface area contributed by atoms with Gasteiger partial charge in [0, 0.05) is 30.4 Å². The van der Waals surface area contributed by atoms with Crippen LogP contribution in [0.3, 0.4) is 0 Å². The van der Waals surface area contributed by atoms with E-state index in [1.807, 2.05) is 0 Å². The third kappa shape index (κ3) is 1.65. The molecular formula is C10H8FN3O2. The molecule has 0 amide bonds. The van der Waals surface area contributed by atoms with Gasteiger partial charge in [-0.3, -0.25) is 14.8 Å². The van der Waals surface area contributed by atoms with Gasteiger partial charge in [0.05, 0.1) is 11.1 Å². The summed E-state index contributed by atoms with van der Waals surface area (Å²) in [7, 11) is 1.69. The molecule has 0 atom stereocenters. The van der Waals surface area contributed by atoms with Crippen LogP contribution in [-0.4, -0.2) is 14.7 Å². The molecule has 1 aromatic carbocycles. The van der Waals surface area contributed by atoms with Crippen molar-refractivity contribution in [3.05, 3.63) is 46.5 Å². The van der Waals surface area contributed by atoms with E-state index in [2.05, 4.69) is 5.10 Å². The van der Waals surface area contributed by atoms with Gasteiger partial charge in [-0.2, -0.15) is 9.49 Å². The second-order valence-corrected chi connectivity index (χ2v) is 3.30. The molecule has 16 heavy (non-hydrogen) atoms. The summed E-state index contributed by atoms with van der Waals surface area (Å²) >= 11 is 0. The molecule has 1 aromatic heterocycles. The van der Waals surface area contributed by atoms with E-state index in [1.165, 1.54) is 23.0 Å². The molecule has 0 saturated heterocycles. The van der Waals surface area contributed by atoms with Crippen LogP contribution < -0.4 is 0 Å². The Morgan fingerprint density at radius 2 is 2.25 bits per heavy atom. The summed E-state index contributed by atoms with van der Waals surface area (Å²) in [6, 6.07) is 4.07. The monoisotopic (exact) mass is 221 g/mol. The van der Waals surface area contributed by atoms with Crippen molar-refractivity contribution >= 4 is 5.69 Å². The highest BCUT2D eigenvalue weighted by Crippen LogP contribution is 2.28. The third-order valence-electron chi connectivity index (χ3n) is 2.19. The Labute approximate surface area is 90.3 Å². The van der Waals surface area contributed by atoms with Gasteiger partial charge >= 0.3 is 5.69 Å². The molecule has 0 fully saturated rings. The molecule has 5 nitrogen and oxygen atoms in total. The lowest BCUT2D eigenvalue weighted by Crippen LogP contribution is -1.94. The smallest absolute Gasteiger partial charge is 0.275 e. The van der Waals surface area contributed by atoms with Gasteiger partial charge in [-0.25, -0.2) is 0 Å². The number of rotatable bonds is 2. The van der Waals surface area contributed by atoms with Gasteiger partial charge in [0.2, 0.25) is 5.82 Å². The molecule has 0 aliphatic carbocycles. The number of hydrogen-bond donors (Lipinski definition) is 0. The quantitative estimate of drug-likeness (QED) is 0.576. The van der Waals surface area contributed by atoms with Gasteiger partial charge in [0.1, 0.15) is 0 Å². The summed E-state index contributed by atoms with van der Waals surface area (Å²) in [6.45, 7) is 0. The topological polar surface area (TPSA) is 61.0 Å². The van der Waals surface area contributed by atoms with E-state index >= 15 is 0 Å². The van der Waals surface area contributed by atoms with Crippen LogP contribution in [0.2, 0.25) is 0 Å². The summed E-state index contributed by atoms with van der Waals surface area (Å²) in [4.78, 5) is 9.81. The van der Waals surface area contributed by atoms with E-state index in [0.717, 1.165) is 6.07 Å². The van der Waals surface area contributed by atoms with E-state index in [-0.39, 0.29) is 5.56 Å². The normalized spacial score (nSPS) is 10.4. The zero-order valence-corrected chi connectivity index (χ0v) is 8.42. The van der Waals surface area contributed by atoms with Gasteiger partial charge in [0.25, 0.3) is 0 Å². The maximum Gasteiger partial charge on any atom is 0.305 e. The molecule has 1 heterocycles. The van der Waals surface area contributed by atoms with Crippen molar-refractivity contribution in [3.8, 4) is 11.1 Å². The predicted octanol–water partition coefficient (Wildman–Crippen LogP) is 2.13. The van der Waals surface area contributed by atoms with Gasteiger partial charge < -0.3 is 0 Å². The van der Waals surface area contributed by atoms with Crippen molar-refractivity contribution in [2.45, 2.75) is 0 Å². The third-order valence-corrected chi connectivity index (χ3v) is 2.19. The molecule has 0 aliphatic heterocycles. The van der Waals surface area contributed by atoms with Gasteiger partial charge in [-0.15, -0.1) is 0 Å². The second-order valence-electron chi connectivity index (χ2n) is 3.30. The van der Waals surface area contributed by atoms with Crippen LogP contribution in [0, 0.1) is 15.9 Å². The minimum Gasteiger partial charge on any atom is -0.275 e. The van der Waals surface area contributed by atoms with Crippen LogP contribution in [0.15, 0.2) is 30.6 Å². The molecule has 0 radical (unpaired) electrons. The number of hydrogen-bond acceptors (Lipinski definition) is 3. The lowest BCUT2D eigenvalue weighted by atomic mass is 10.1. The molecule has 82 valence electrons. The van der Waals surface area contributed by atoms with Crippen LogP contribution >= 0.6 is 0 Å². The van der Waals surface area contributed by atoms with Crippen molar-refractivity contribution in [1.82, 2.24) is 9.78 Å². The van der Waals surface area contributed by atoms with E-state index in [9.17, 15) is 14.5 Å².